The van der Waals surface area contributed by atoms with E-state index in [0.717, 1.165) is 35.2 Å². The van der Waals surface area contributed by atoms with Crippen LogP contribution in [0.1, 0.15) is 91.7 Å². The molecule has 0 fully saturated rings. The Labute approximate surface area is 209 Å². The van der Waals surface area contributed by atoms with E-state index in [-0.39, 0.29) is 11.1 Å². The van der Waals surface area contributed by atoms with Crippen molar-refractivity contribution in [3.63, 3.8) is 0 Å². The van der Waals surface area contributed by atoms with Crippen LogP contribution in [0.3, 0.4) is 0 Å². The second-order valence-corrected chi connectivity index (χ2v) is 9.10. The van der Waals surface area contributed by atoms with Crippen LogP contribution >= 0.6 is 0 Å². The van der Waals surface area contributed by atoms with Crippen LogP contribution in [-0.4, -0.2) is 0 Å². The molecule has 0 bridgehead atoms. The quantitative estimate of drug-likeness (QED) is 0.217. The molecule has 0 nitrogen and oxygen atoms in total. The Morgan fingerprint density at radius 2 is 1.03 bits per heavy atom. The largest absolute Gasteiger partial charge is 0.206 e. The monoisotopic (exact) mass is 468 g/mol. The molecule has 0 saturated carbocycles. The summed E-state index contributed by atoms with van der Waals surface area (Å²) in [5.41, 5.74) is 4.01. The van der Waals surface area contributed by atoms with Crippen LogP contribution in [0.2, 0.25) is 0 Å². The molecule has 0 spiro atoms. The minimum Gasteiger partial charge on any atom is -0.206 e. The lowest BCUT2D eigenvalue weighted by Crippen LogP contribution is -1.92. The lowest BCUT2D eigenvalue weighted by molar-refractivity contribution is 0.575. The van der Waals surface area contributed by atoms with Gasteiger partial charge in [-0.05, 0) is 61.7 Å². The topological polar surface area (TPSA) is 0 Å². The van der Waals surface area contributed by atoms with Gasteiger partial charge < -0.3 is 0 Å². The molecule has 0 amide bonds. The molecular formula is C33H34F2. The van der Waals surface area contributed by atoms with Crippen LogP contribution in [0.5, 0.6) is 0 Å². The molecule has 3 rings (SSSR count). The van der Waals surface area contributed by atoms with Gasteiger partial charge in [0, 0.05) is 11.1 Å². The molecule has 0 aliphatic carbocycles. The first kappa shape index (κ1) is 26.2. The Bertz CT molecular complexity index is 1200. The Balaban J connectivity index is 1.54. The third-order valence-electron chi connectivity index (χ3n) is 6.06. The van der Waals surface area contributed by atoms with Gasteiger partial charge in [-0.2, -0.15) is 0 Å². The number of benzene rings is 3. The summed E-state index contributed by atoms with van der Waals surface area (Å²) in [6, 6.07) is 17.9. The van der Waals surface area contributed by atoms with E-state index in [1.165, 1.54) is 56.9 Å². The van der Waals surface area contributed by atoms with Crippen molar-refractivity contribution in [3.8, 4) is 23.7 Å². The SMILES string of the molecule is CCCCCCCCCCc1ccc(C#Cc2cc(F)c(C#Cc3ccc(C)cc3)cc2F)cc1. The fourth-order valence-electron chi connectivity index (χ4n) is 3.87. The Morgan fingerprint density at radius 3 is 1.54 bits per heavy atom. The minimum atomic E-state index is -0.573. The van der Waals surface area contributed by atoms with E-state index in [1.807, 2.05) is 43.3 Å². The van der Waals surface area contributed by atoms with E-state index in [9.17, 15) is 8.78 Å². The van der Waals surface area contributed by atoms with Gasteiger partial charge in [0.25, 0.3) is 0 Å². The van der Waals surface area contributed by atoms with E-state index < -0.39 is 11.6 Å². The van der Waals surface area contributed by atoms with E-state index >= 15 is 0 Å². The van der Waals surface area contributed by atoms with Gasteiger partial charge in [-0.3, -0.25) is 0 Å². The number of hydrogen-bond donors (Lipinski definition) is 0. The fourth-order valence-corrected chi connectivity index (χ4v) is 3.87. The van der Waals surface area contributed by atoms with Gasteiger partial charge in [-0.1, -0.05) is 105 Å². The second kappa shape index (κ2) is 14.1. The molecule has 2 heteroatoms. The average molecular weight is 469 g/mol. The molecule has 0 atom stereocenters. The highest BCUT2D eigenvalue weighted by Gasteiger charge is 2.07. The van der Waals surface area contributed by atoms with Crippen molar-refractivity contribution in [2.75, 3.05) is 0 Å². The van der Waals surface area contributed by atoms with E-state index in [1.54, 1.807) is 0 Å². The molecule has 35 heavy (non-hydrogen) atoms. The van der Waals surface area contributed by atoms with Gasteiger partial charge in [-0.15, -0.1) is 0 Å². The summed E-state index contributed by atoms with van der Waals surface area (Å²) in [4.78, 5) is 0. The second-order valence-electron chi connectivity index (χ2n) is 9.10. The normalized spacial score (nSPS) is 10.3. The molecule has 0 unspecified atom stereocenters. The molecule has 0 aromatic heterocycles. The lowest BCUT2D eigenvalue weighted by atomic mass is 10.0. The zero-order chi connectivity index (χ0) is 24.9. The van der Waals surface area contributed by atoms with Crippen LogP contribution < -0.4 is 0 Å². The van der Waals surface area contributed by atoms with Gasteiger partial charge in [0.05, 0.1) is 11.1 Å². The standard InChI is InChI=1S/C33H34F2/c1-3-4-5-6-7-8-9-10-11-27-16-18-29(19-17-27)21-23-31-25-32(34)30(24-33(31)35)22-20-28-14-12-26(2)13-15-28/h12-19,24-25H,3-11H2,1-2H3. The van der Waals surface area contributed by atoms with Crippen molar-refractivity contribution < 1.29 is 8.78 Å². The Morgan fingerprint density at radius 1 is 0.571 bits per heavy atom. The fraction of sp³-hybridized carbons (Fsp3) is 0.333. The number of unbranched alkanes of at least 4 members (excludes halogenated alkanes) is 7. The number of aryl methyl sites for hydroxylation is 2. The molecule has 0 heterocycles. The van der Waals surface area contributed by atoms with Gasteiger partial charge in [0.2, 0.25) is 0 Å². The van der Waals surface area contributed by atoms with Gasteiger partial charge in [0.1, 0.15) is 11.6 Å². The molecule has 3 aromatic carbocycles. The Hall–Kier alpha value is -3.36. The van der Waals surface area contributed by atoms with Gasteiger partial charge in [-0.25, -0.2) is 8.78 Å². The highest BCUT2D eigenvalue weighted by molar-refractivity contribution is 5.49. The van der Waals surface area contributed by atoms with Crippen molar-refractivity contribution in [1.82, 2.24) is 0 Å². The summed E-state index contributed by atoms with van der Waals surface area (Å²) < 4.78 is 29.0. The molecular weight excluding hydrogens is 434 g/mol. The predicted molar refractivity (Wildman–Crippen MR) is 142 cm³/mol. The number of halogens is 2. The lowest BCUT2D eigenvalue weighted by Gasteiger charge is -2.03. The molecule has 0 aliphatic heterocycles. The summed E-state index contributed by atoms with van der Waals surface area (Å²) in [5, 5.41) is 0. The van der Waals surface area contributed by atoms with Crippen molar-refractivity contribution in [3.05, 3.63) is 106 Å². The highest BCUT2D eigenvalue weighted by Crippen LogP contribution is 2.15. The molecule has 0 saturated heterocycles. The van der Waals surface area contributed by atoms with Crippen LogP contribution in [-0.2, 0) is 6.42 Å². The zero-order valence-corrected chi connectivity index (χ0v) is 20.9. The molecule has 3 aromatic rings. The summed E-state index contributed by atoms with van der Waals surface area (Å²) >= 11 is 0. The average Bonchev–Trinajstić information content (AvgIpc) is 2.86. The van der Waals surface area contributed by atoms with E-state index in [4.69, 9.17) is 0 Å². The third-order valence-corrected chi connectivity index (χ3v) is 6.06. The number of rotatable bonds is 9. The van der Waals surface area contributed by atoms with Crippen molar-refractivity contribution in [2.24, 2.45) is 0 Å². The molecule has 0 aliphatic rings. The third kappa shape index (κ3) is 9.07. The van der Waals surface area contributed by atoms with Crippen molar-refractivity contribution in [2.45, 2.75) is 71.6 Å². The summed E-state index contributed by atoms with van der Waals surface area (Å²) in [6.45, 7) is 4.23. The summed E-state index contributed by atoms with van der Waals surface area (Å²) in [5.74, 6) is 10.2. The van der Waals surface area contributed by atoms with Crippen LogP contribution in [0, 0.1) is 42.2 Å². The van der Waals surface area contributed by atoms with Crippen LogP contribution in [0.25, 0.3) is 0 Å². The molecule has 0 radical (unpaired) electrons. The Kier molecular flexibility index (Phi) is 10.6. The van der Waals surface area contributed by atoms with Gasteiger partial charge in [0.15, 0.2) is 0 Å². The minimum absolute atomic E-state index is 0.0268. The first-order valence-electron chi connectivity index (χ1n) is 12.7. The molecule has 0 N–H and O–H groups in total. The summed E-state index contributed by atoms with van der Waals surface area (Å²) in [7, 11) is 0. The first-order valence-corrected chi connectivity index (χ1v) is 12.7. The maximum Gasteiger partial charge on any atom is 0.140 e. The van der Waals surface area contributed by atoms with Crippen LogP contribution in [0.15, 0.2) is 60.7 Å². The van der Waals surface area contributed by atoms with Crippen molar-refractivity contribution >= 4 is 0 Å². The first-order chi connectivity index (χ1) is 17.0. The van der Waals surface area contributed by atoms with E-state index in [2.05, 4.69) is 42.7 Å². The van der Waals surface area contributed by atoms with Crippen molar-refractivity contribution in [1.29, 1.82) is 0 Å². The van der Waals surface area contributed by atoms with Crippen LogP contribution in [0.4, 0.5) is 8.78 Å². The predicted octanol–water partition coefficient (Wildman–Crippen LogP) is 8.76. The maximum atomic E-state index is 14.5. The highest BCUT2D eigenvalue weighted by atomic mass is 19.1. The van der Waals surface area contributed by atoms with Gasteiger partial charge >= 0.3 is 0 Å². The van der Waals surface area contributed by atoms with E-state index in [0.29, 0.717) is 0 Å². The maximum absolute atomic E-state index is 14.5. The number of hydrogen-bond acceptors (Lipinski definition) is 0. The summed E-state index contributed by atoms with van der Waals surface area (Å²) in [6.07, 6.45) is 11.5. The zero-order valence-electron chi connectivity index (χ0n) is 20.9. The smallest absolute Gasteiger partial charge is 0.140 e. The molecule has 180 valence electrons.